The summed E-state index contributed by atoms with van der Waals surface area (Å²) in [5.41, 5.74) is 7.44. The molecule has 1 aliphatic rings. The van der Waals surface area contributed by atoms with Crippen LogP contribution in [-0.2, 0) is 9.68 Å². The Kier molecular flexibility index (Phi) is 34.1. The number of amidine groups is 1. The number of carbonyl (C=O) groups excluding carboxylic acids is 2. The molecule has 0 bridgehead atoms. The van der Waals surface area contributed by atoms with Crippen LogP contribution < -0.4 is 119 Å². The average Bonchev–Trinajstić information content (AvgIpc) is 3.68. The van der Waals surface area contributed by atoms with Crippen LogP contribution in [0.5, 0.6) is 0 Å². The van der Waals surface area contributed by atoms with Crippen LogP contribution in [0.3, 0.4) is 0 Å². The molecule has 1 aliphatic heterocycles. The maximum atomic E-state index is 10.8. The molecule has 11 nitrogen and oxygen atoms in total. The predicted molar refractivity (Wildman–Crippen MR) is 182 cm³/mol. The van der Waals surface area contributed by atoms with E-state index in [4.69, 9.17) is 33.0 Å². The number of nitrogens with two attached hydrogens (primary N) is 1. The maximum Gasteiger partial charge on any atom is 1.00 e. The zero-order valence-electron chi connectivity index (χ0n) is 29.6. The van der Waals surface area contributed by atoms with Gasteiger partial charge in [0.2, 0.25) is 0 Å². The van der Waals surface area contributed by atoms with Gasteiger partial charge in [0.05, 0.1) is 36.5 Å². The standard InChI is InChI=1S/C16H11N3.C8H4N2.C7H8N2O.2C2H6.CH2O3.2K.H/c17-10-12-6-8-13(9-7-12)15-11-18-16(19-15)14-4-2-1-3-5-14;1-10-8-4-2-7(6-9)3-5-8;8-9-7(10)6-4-2-1-3-5-6;2*1-2;2-1-4-3;;;/h1-9H,11H2;2-5H;1-5H,8H2,(H,9,10);2*1-2H3;1,3H;;;/q;;;;;;2*+1;-1/p-1. The SMILES string of the molecule is CC.CC.N#Cc1ccc(C2=NC(c3ccccc3)=NC2)cc1.NNC(=O)c1ccccc1.O=CO[O-].[C-]#[N+]c1ccc(C#N)cc1.[H-].[K+].[K+]. The number of benzene rings is 4. The van der Waals surface area contributed by atoms with Crippen LogP contribution in [0.25, 0.3) is 4.85 Å². The van der Waals surface area contributed by atoms with Crippen molar-refractivity contribution < 1.29 is 124 Å². The van der Waals surface area contributed by atoms with Crippen LogP contribution in [0.2, 0.25) is 0 Å². The summed E-state index contributed by atoms with van der Waals surface area (Å²) < 4.78 is 0. The number of nitriles is 2. The van der Waals surface area contributed by atoms with E-state index in [-0.39, 0.29) is 117 Å². The summed E-state index contributed by atoms with van der Waals surface area (Å²) in [5, 5.41) is 25.6. The van der Waals surface area contributed by atoms with Gasteiger partial charge in [-0.25, -0.2) is 15.7 Å². The van der Waals surface area contributed by atoms with E-state index in [1.165, 1.54) is 0 Å². The average molecular weight is 710 g/mol. The van der Waals surface area contributed by atoms with E-state index in [0.29, 0.717) is 28.9 Å². The molecular weight excluding hydrogens is 673 g/mol. The van der Waals surface area contributed by atoms with Gasteiger partial charge < -0.3 is 11.6 Å². The molecule has 13 heteroatoms. The second-order valence-corrected chi connectivity index (χ2v) is 8.06. The van der Waals surface area contributed by atoms with Crippen molar-refractivity contribution in [3.63, 3.8) is 0 Å². The van der Waals surface area contributed by atoms with Gasteiger partial charge in [-0.05, 0) is 29.8 Å². The van der Waals surface area contributed by atoms with Crippen molar-refractivity contribution in [2.45, 2.75) is 27.7 Å². The van der Waals surface area contributed by atoms with E-state index in [9.17, 15) is 4.79 Å². The van der Waals surface area contributed by atoms with E-state index in [1.807, 2.05) is 87.7 Å². The van der Waals surface area contributed by atoms with Gasteiger partial charge in [-0.2, -0.15) is 10.5 Å². The molecule has 4 aromatic carbocycles. The van der Waals surface area contributed by atoms with Crippen molar-refractivity contribution >= 4 is 29.6 Å². The summed E-state index contributed by atoms with van der Waals surface area (Å²) in [5.74, 6) is 5.42. The van der Waals surface area contributed by atoms with Gasteiger partial charge in [-0.3, -0.25) is 20.0 Å². The van der Waals surface area contributed by atoms with Crippen molar-refractivity contribution in [2.75, 3.05) is 6.54 Å². The van der Waals surface area contributed by atoms with E-state index in [1.54, 1.807) is 60.7 Å². The summed E-state index contributed by atoms with van der Waals surface area (Å²) in [6.45, 7) is 15.0. The molecule has 0 aromatic heterocycles. The van der Waals surface area contributed by atoms with Crippen molar-refractivity contribution in [3.8, 4) is 12.1 Å². The monoisotopic (exact) mass is 709 g/mol. The molecule has 0 saturated carbocycles. The summed E-state index contributed by atoms with van der Waals surface area (Å²) in [7, 11) is 0. The van der Waals surface area contributed by atoms with Crippen molar-refractivity contribution in [1.29, 1.82) is 10.5 Å². The number of nitrogens with one attached hydrogen (secondary N) is 1. The zero-order valence-corrected chi connectivity index (χ0v) is 34.9. The first kappa shape index (κ1) is 50.2. The number of nitrogens with zero attached hydrogens (tertiary/aromatic N) is 5. The summed E-state index contributed by atoms with van der Waals surface area (Å²) in [6, 6.07) is 36.8. The first-order chi connectivity index (χ1) is 23.0. The van der Waals surface area contributed by atoms with E-state index >= 15 is 0 Å². The second kappa shape index (κ2) is 33.3. The number of hydrogen-bond donors (Lipinski definition) is 2. The molecule has 0 aliphatic carbocycles. The number of nitrogen functional groups attached to an aromatic ring is 1. The normalized spacial score (nSPS) is 9.37. The van der Waals surface area contributed by atoms with Crippen LogP contribution in [-0.4, -0.2) is 30.5 Å². The van der Waals surface area contributed by atoms with Gasteiger partial charge in [0.1, 0.15) is 0 Å². The van der Waals surface area contributed by atoms with Crippen molar-refractivity contribution in [1.82, 2.24) is 5.43 Å². The van der Waals surface area contributed by atoms with Crippen LogP contribution in [0.4, 0.5) is 5.69 Å². The number of hydrazine groups is 1. The molecule has 0 unspecified atom stereocenters. The third-order valence-electron chi connectivity index (χ3n) is 5.33. The van der Waals surface area contributed by atoms with Gasteiger partial charge in [-0.15, -0.1) is 0 Å². The topological polar surface area (TPSA) is 181 Å². The van der Waals surface area contributed by atoms with E-state index < -0.39 is 0 Å². The fourth-order valence-electron chi connectivity index (χ4n) is 3.27. The Bertz CT molecular complexity index is 1640. The van der Waals surface area contributed by atoms with Gasteiger partial charge in [0.25, 0.3) is 12.4 Å². The quantitative estimate of drug-likeness (QED) is 0.0561. The molecule has 3 N–H and O–H groups in total. The summed E-state index contributed by atoms with van der Waals surface area (Å²) >= 11 is 0. The van der Waals surface area contributed by atoms with Gasteiger partial charge >= 0.3 is 103 Å². The Morgan fingerprint density at radius 2 is 1.31 bits per heavy atom. The van der Waals surface area contributed by atoms with Crippen LogP contribution in [0.15, 0.2) is 119 Å². The Balaban J connectivity index is -0.000000295. The van der Waals surface area contributed by atoms with Gasteiger partial charge in [0.15, 0.2) is 11.5 Å². The predicted octanol–water partition coefficient (Wildman–Crippen LogP) is -0.185. The third-order valence-corrected chi connectivity index (χ3v) is 5.33. The van der Waals surface area contributed by atoms with Crippen LogP contribution >= 0.6 is 0 Å². The smallest absolute Gasteiger partial charge is 1.00 e. The summed E-state index contributed by atoms with van der Waals surface area (Å²) in [4.78, 5) is 34.2. The minimum atomic E-state index is -0.263. The maximum absolute atomic E-state index is 10.8. The number of rotatable bonds is 4. The molecule has 0 radical (unpaired) electrons. The molecule has 0 saturated heterocycles. The molecule has 0 fully saturated rings. The van der Waals surface area contributed by atoms with Crippen molar-refractivity contribution in [3.05, 3.63) is 148 Å². The molecule has 242 valence electrons. The molecular formula is C36H37K2N7O4. The van der Waals surface area contributed by atoms with Gasteiger partial charge in [0, 0.05) is 16.7 Å². The van der Waals surface area contributed by atoms with E-state index in [0.717, 1.165) is 22.7 Å². The molecule has 49 heavy (non-hydrogen) atoms. The Hall–Kier alpha value is -3.18. The minimum absolute atomic E-state index is 0. The van der Waals surface area contributed by atoms with Gasteiger partial charge in [-0.1, -0.05) is 113 Å². The fraction of sp³-hybridized carbons (Fsp3) is 0.139. The third kappa shape index (κ3) is 20.8. The number of carbonyl (C=O) groups is 2. The molecule has 0 atom stereocenters. The van der Waals surface area contributed by atoms with Crippen molar-refractivity contribution in [2.24, 2.45) is 15.8 Å². The first-order valence-corrected chi connectivity index (χ1v) is 14.3. The molecule has 0 spiro atoms. The number of amides is 1. The Morgan fingerprint density at radius 1 is 0.857 bits per heavy atom. The Morgan fingerprint density at radius 3 is 1.71 bits per heavy atom. The minimum Gasteiger partial charge on any atom is -1.00 e. The number of hydrogen-bond acceptors (Lipinski definition) is 9. The molecule has 1 heterocycles. The van der Waals surface area contributed by atoms with E-state index in [2.05, 4.69) is 25.8 Å². The first-order valence-electron chi connectivity index (χ1n) is 14.3. The molecule has 1 amide bonds. The second-order valence-electron chi connectivity index (χ2n) is 8.06. The zero-order chi connectivity index (χ0) is 35.3. The number of aliphatic imine (C=N–C) groups is 2. The molecule has 5 rings (SSSR count). The largest absolute Gasteiger partial charge is 1.00 e. The summed E-state index contributed by atoms with van der Waals surface area (Å²) in [6.07, 6.45) is 0. The Labute approximate surface area is 375 Å². The van der Waals surface area contributed by atoms with Crippen LogP contribution in [0.1, 0.15) is 61.7 Å². The van der Waals surface area contributed by atoms with Crippen LogP contribution in [0, 0.1) is 29.2 Å². The molecule has 4 aromatic rings. The fourth-order valence-corrected chi connectivity index (χ4v) is 3.27.